The first-order valence-corrected chi connectivity index (χ1v) is 5.69. The first-order chi connectivity index (χ1) is 7.79. The smallest absolute Gasteiger partial charge is 0.231 e. The van der Waals surface area contributed by atoms with Gasteiger partial charge in [0, 0.05) is 32.4 Å². The molecule has 1 amide bonds. The van der Waals surface area contributed by atoms with Gasteiger partial charge >= 0.3 is 0 Å². The van der Waals surface area contributed by atoms with Crippen molar-refractivity contribution in [1.29, 1.82) is 0 Å². The highest BCUT2D eigenvalue weighted by Gasteiger charge is 2.23. The van der Waals surface area contributed by atoms with Crippen LogP contribution in [-0.4, -0.2) is 42.0 Å². The van der Waals surface area contributed by atoms with Gasteiger partial charge in [0.05, 0.1) is 11.6 Å². The lowest BCUT2D eigenvalue weighted by atomic mass is 10.1. The molecule has 4 nitrogen and oxygen atoms in total. The van der Waals surface area contributed by atoms with E-state index in [-0.39, 0.29) is 11.8 Å². The monoisotopic (exact) mass is 219 g/mol. The van der Waals surface area contributed by atoms with Gasteiger partial charge in [0.15, 0.2) is 0 Å². The summed E-state index contributed by atoms with van der Waals surface area (Å²) in [4.78, 5) is 18.3. The third-order valence-electron chi connectivity index (χ3n) is 2.93. The molecule has 0 spiro atoms. The normalized spacial score (nSPS) is 18.2. The molecule has 1 aliphatic heterocycles. The van der Waals surface area contributed by atoms with Crippen molar-refractivity contribution in [2.24, 2.45) is 0 Å². The molecule has 1 atom stereocenters. The van der Waals surface area contributed by atoms with Crippen molar-refractivity contribution in [2.45, 2.75) is 12.8 Å². The molecule has 0 radical (unpaired) electrons. The van der Waals surface area contributed by atoms with E-state index in [1.807, 2.05) is 30.0 Å². The Hall–Kier alpha value is -1.42. The van der Waals surface area contributed by atoms with Gasteiger partial charge in [-0.25, -0.2) is 0 Å². The molecule has 1 N–H and O–H groups in total. The summed E-state index contributed by atoms with van der Waals surface area (Å²) in [5.74, 6) is 0.0412. The van der Waals surface area contributed by atoms with Gasteiger partial charge in [-0.2, -0.15) is 0 Å². The SMILES string of the molecule is CC(C(=O)N1CCNCC1)c1ccccn1. The maximum absolute atomic E-state index is 12.2. The van der Waals surface area contributed by atoms with Gasteiger partial charge in [-0.05, 0) is 19.1 Å². The lowest BCUT2D eigenvalue weighted by Crippen LogP contribution is -2.47. The molecule has 1 aromatic heterocycles. The zero-order chi connectivity index (χ0) is 11.4. The van der Waals surface area contributed by atoms with Crippen LogP contribution in [0.4, 0.5) is 0 Å². The summed E-state index contributed by atoms with van der Waals surface area (Å²) in [5, 5.41) is 3.24. The topological polar surface area (TPSA) is 45.2 Å². The number of nitrogens with one attached hydrogen (secondary N) is 1. The molecule has 86 valence electrons. The van der Waals surface area contributed by atoms with E-state index >= 15 is 0 Å². The minimum atomic E-state index is -0.140. The van der Waals surface area contributed by atoms with Crippen LogP contribution in [0.1, 0.15) is 18.5 Å². The average molecular weight is 219 g/mol. The third-order valence-corrected chi connectivity index (χ3v) is 2.93. The Morgan fingerprint density at radius 3 is 2.81 bits per heavy atom. The number of pyridine rings is 1. The highest BCUT2D eigenvalue weighted by atomic mass is 16.2. The van der Waals surface area contributed by atoms with Gasteiger partial charge in [-0.3, -0.25) is 9.78 Å². The maximum atomic E-state index is 12.2. The van der Waals surface area contributed by atoms with Crippen molar-refractivity contribution in [3.8, 4) is 0 Å². The highest BCUT2D eigenvalue weighted by Crippen LogP contribution is 2.15. The summed E-state index contributed by atoms with van der Waals surface area (Å²) in [7, 11) is 0. The predicted molar refractivity (Wildman–Crippen MR) is 62.1 cm³/mol. The molecular formula is C12H17N3O. The Bertz CT molecular complexity index is 347. The van der Waals surface area contributed by atoms with E-state index in [4.69, 9.17) is 0 Å². The van der Waals surface area contributed by atoms with Crippen LogP contribution in [0.5, 0.6) is 0 Å². The van der Waals surface area contributed by atoms with Crippen molar-refractivity contribution >= 4 is 5.91 Å². The van der Waals surface area contributed by atoms with Crippen LogP contribution < -0.4 is 5.32 Å². The third kappa shape index (κ3) is 2.39. The van der Waals surface area contributed by atoms with Crippen molar-refractivity contribution < 1.29 is 4.79 Å². The molecule has 0 aromatic carbocycles. The summed E-state index contributed by atoms with van der Waals surface area (Å²) < 4.78 is 0. The second-order valence-electron chi connectivity index (χ2n) is 4.05. The van der Waals surface area contributed by atoms with E-state index < -0.39 is 0 Å². The summed E-state index contributed by atoms with van der Waals surface area (Å²) in [6.07, 6.45) is 1.73. The zero-order valence-electron chi connectivity index (χ0n) is 9.52. The molecule has 1 aromatic rings. The Morgan fingerprint density at radius 1 is 1.44 bits per heavy atom. The molecule has 1 aliphatic rings. The summed E-state index contributed by atoms with van der Waals surface area (Å²) >= 11 is 0. The van der Waals surface area contributed by atoms with Gasteiger partial charge in [0.1, 0.15) is 0 Å². The molecule has 1 saturated heterocycles. The largest absolute Gasteiger partial charge is 0.340 e. The van der Waals surface area contributed by atoms with Gasteiger partial charge in [-0.15, -0.1) is 0 Å². The lowest BCUT2D eigenvalue weighted by Gasteiger charge is -2.29. The molecule has 2 heterocycles. The summed E-state index contributed by atoms with van der Waals surface area (Å²) in [6.45, 7) is 5.31. The van der Waals surface area contributed by atoms with Crippen LogP contribution in [0.3, 0.4) is 0 Å². The molecule has 0 saturated carbocycles. The number of carbonyl (C=O) groups is 1. The fourth-order valence-electron chi connectivity index (χ4n) is 1.92. The molecule has 1 unspecified atom stereocenters. The summed E-state index contributed by atoms with van der Waals surface area (Å²) in [6, 6.07) is 5.69. The van der Waals surface area contributed by atoms with Gasteiger partial charge in [-0.1, -0.05) is 6.07 Å². The van der Waals surface area contributed by atoms with E-state index in [0.717, 1.165) is 31.9 Å². The van der Waals surface area contributed by atoms with Crippen LogP contribution in [0.2, 0.25) is 0 Å². The number of carbonyl (C=O) groups excluding carboxylic acids is 1. The Morgan fingerprint density at radius 2 is 2.19 bits per heavy atom. The quantitative estimate of drug-likeness (QED) is 0.793. The van der Waals surface area contributed by atoms with E-state index in [2.05, 4.69) is 10.3 Å². The van der Waals surface area contributed by atoms with Crippen molar-refractivity contribution in [3.05, 3.63) is 30.1 Å². The van der Waals surface area contributed by atoms with Crippen LogP contribution in [-0.2, 0) is 4.79 Å². The first-order valence-electron chi connectivity index (χ1n) is 5.69. The van der Waals surface area contributed by atoms with E-state index in [0.29, 0.717) is 0 Å². The van der Waals surface area contributed by atoms with E-state index in [1.54, 1.807) is 6.20 Å². The molecule has 16 heavy (non-hydrogen) atoms. The highest BCUT2D eigenvalue weighted by molar-refractivity contribution is 5.82. The fraction of sp³-hybridized carbons (Fsp3) is 0.500. The van der Waals surface area contributed by atoms with Crippen molar-refractivity contribution in [2.75, 3.05) is 26.2 Å². The Balaban J connectivity index is 2.04. The molecule has 0 bridgehead atoms. The van der Waals surface area contributed by atoms with Crippen LogP contribution in [0.25, 0.3) is 0 Å². The van der Waals surface area contributed by atoms with E-state index in [1.165, 1.54) is 0 Å². The summed E-state index contributed by atoms with van der Waals surface area (Å²) in [5.41, 5.74) is 0.853. The Kier molecular flexibility index (Phi) is 3.51. The number of amides is 1. The number of rotatable bonds is 2. The van der Waals surface area contributed by atoms with Crippen LogP contribution in [0.15, 0.2) is 24.4 Å². The van der Waals surface area contributed by atoms with Crippen molar-refractivity contribution in [1.82, 2.24) is 15.2 Å². The van der Waals surface area contributed by atoms with Crippen molar-refractivity contribution in [3.63, 3.8) is 0 Å². The minimum Gasteiger partial charge on any atom is -0.340 e. The molecule has 1 fully saturated rings. The van der Waals surface area contributed by atoms with Gasteiger partial charge < -0.3 is 10.2 Å². The second-order valence-corrected chi connectivity index (χ2v) is 4.05. The first kappa shape index (κ1) is 11.1. The minimum absolute atomic E-state index is 0.140. The van der Waals surface area contributed by atoms with Crippen LogP contribution in [0, 0.1) is 0 Å². The maximum Gasteiger partial charge on any atom is 0.231 e. The molecule has 4 heteroatoms. The van der Waals surface area contributed by atoms with E-state index in [9.17, 15) is 4.79 Å². The van der Waals surface area contributed by atoms with Gasteiger partial charge in [0.25, 0.3) is 0 Å². The zero-order valence-corrected chi connectivity index (χ0v) is 9.52. The number of hydrogen-bond donors (Lipinski definition) is 1. The van der Waals surface area contributed by atoms with Gasteiger partial charge in [0.2, 0.25) is 5.91 Å². The number of hydrogen-bond acceptors (Lipinski definition) is 3. The predicted octanol–water partition coefficient (Wildman–Crippen LogP) is 0.617. The standard InChI is InChI=1S/C12H17N3O/c1-10(11-4-2-3-5-14-11)12(16)15-8-6-13-7-9-15/h2-5,10,13H,6-9H2,1H3. The second kappa shape index (κ2) is 5.07. The fourth-order valence-corrected chi connectivity index (χ4v) is 1.92. The lowest BCUT2D eigenvalue weighted by molar-refractivity contribution is -0.133. The number of nitrogens with zero attached hydrogens (tertiary/aromatic N) is 2. The molecule has 2 rings (SSSR count). The number of aromatic nitrogens is 1. The number of piperazine rings is 1. The molecule has 0 aliphatic carbocycles. The average Bonchev–Trinajstić information content (AvgIpc) is 2.39. The molecular weight excluding hydrogens is 202 g/mol. The van der Waals surface area contributed by atoms with Crippen LogP contribution >= 0.6 is 0 Å². The Labute approximate surface area is 95.7 Å².